The van der Waals surface area contributed by atoms with E-state index in [1.807, 2.05) is 20.8 Å². The number of amides is 1. The van der Waals surface area contributed by atoms with Crippen molar-refractivity contribution >= 4 is 45.1 Å². The van der Waals surface area contributed by atoms with Gasteiger partial charge in [0.05, 0.1) is 10.6 Å². The second kappa shape index (κ2) is 8.97. The number of carbonyl (C=O) groups excluding carboxylic acids is 1. The first-order chi connectivity index (χ1) is 15.2. The predicted molar refractivity (Wildman–Crippen MR) is 123 cm³/mol. The number of nitrogens with zero attached hydrogens (tertiary/aromatic N) is 6. The molecule has 3 heterocycles. The highest BCUT2D eigenvalue weighted by Gasteiger charge is 2.30. The fraction of sp³-hybridized carbons (Fsp3) is 0.400. The van der Waals surface area contributed by atoms with E-state index in [4.69, 9.17) is 11.6 Å². The lowest BCUT2D eigenvalue weighted by Gasteiger charge is -2.34. The molecule has 2 aromatic heterocycles. The third kappa shape index (κ3) is 4.47. The number of carbonyl (C=O) groups is 1. The van der Waals surface area contributed by atoms with E-state index in [1.54, 1.807) is 21.5 Å². The van der Waals surface area contributed by atoms with Gasteiger partial charge in [0, 0.05) is 42.6 Å². The normalized spacial score (nSPS) is 15.4. The van der Waals surface area contributed by atoms with Gasteiger partial charge in [-0.15, -0.1) is 5.10 Å². The van der Waals surface area contributed by atoms with Gasteiger partial charge in [-0.25, -0.2) is 17.9 Å². The Morgan fingerprint density at radius 1 is 1.06 bits per heavy atom. The number of aromatic nitrogens is 4. The van der Waals surface area contributed by atoms with E-state index >= 15 is 0 Å². The van der Waals surface area contributed by atoms with Gasteiger partial charge in [-0.3, -0.25) is 4.79 Å². The number of hydrogen-bond donors (Lipinski definition) is 0. The lowest BCUT2D eigenvalue weighted by atomic mass is 10.2. The molecule has 0 N–H and O–H groups in total. The number of sulfonamides is 1. The van der Waals surface area contributed by atoms with Gasteiger partial charge < -0.3 is 4.90 Å². The molecule has 1 fully saturated rings. The first-order valence-corrected chi connectivity index (χ1v) is 12.8. The van der Waals surface area contributed by atoms with E-state index in [0.29, 0.717) is 29.0 Å². The molecule has 0 spiro atoms. The predicted octanol–water partition coefficient (Wildman–Crippen LogP) is 2.33. The Bertz CT molecular complexity index is 1270. The van der Waals surface area contributed by atoms with Crippen LogP contribution < -0.4 is 0 Å². The molecule has 12 heteroatoms. The Kier molecular flexibility index (Phi) is 6.44. The molecule has 170 valence electrons. The van der Waals surface area contributed by atoms with E-state index in [9.17, 15) is 13.2 Å². The molecule has 1 aromatic carbocycles. The van der Waals surface area contributed by atoms with Crippen molar-refractivity contribution in [3.05, 3.63) is 46.2 Å². The quantitative estimate of drug-likeness (QED) is 0.502. The SMILES string of the molecule is Cc1nc2nc(SCC(=O)N3CCN(S(=O)(=O)c4ccc(Cl)cc4)CC3)nn2c(C)c1C. The van der Waals surface area contributed by atoms with Crippen molar-refractivity contribution in [3.63, 3.8) is 0 Å². The molecule has 0 unspecified atom stereocenters. The number of rotatable bonds is 5. The number of aryl methyl sites for hydroxylation is 2. The van der Waals surface area contributed by atoms with E-state index in [0.717, 1.165) is 17.0 Å². The molecule has 0 saturated carbocycles. The molecule has 1 saturated heterocycles. The number of benzene rings is 1. The zero-order valence-corrected chi connectivity index (χ0v) is 20.3. The van der Waals surface area contributed by atoms with Gasteiger partial charge >= 0.3 is 0 Å². The van der Waals surface area contributed by atoms with Gasteiger partial charge in [-0.1, -0.05) is 23.4 Å². The van der Waals surface area contributed by atoms with Crippen LogP contribution in [0.1, 0.15) is 17.0 Å². The summed E-state index contributed by atoms with van der Waals surface area (Å²) in [6.45, 7) is 7.05. The molecule has 0 atom stereocenters. The summed E-state index contributed by atoms with van der Waals surface area (Å²) in [4.78, 5) is 23.4. The Balaban J connectivity index is 1.35. The number of piperazine rings is 1. The monoisotopic (exact) mass is 494 g/mol. The summed E-state index contributed by atoms with van der Waals surface area (Å²) in [6, 6.07) is 6.09. The van der Waals surface area contributed by atoms with Gasteiger partial charge in [0.25, 0.3) is 5.78 Å². The Hall–Kier alpha value is -2.21. The van der Waals surface area contributed by atoms with Crippen molar-refractivity contribution in [1.29, 1.82) is 0 Å². The third-order valence-corrected chi connectivity index (χ3v) is 8.60. The van der Waals surface area contributed by atoms with Crippen LogP contribution in [-0.2, 0) is 14.8 Å². The summed E-state index contributed by atoms with van der Waals surface area (Å²) in [5.41, 5.74) is 2.93. The minimum Gasteiger partial charge on any atom is -0.339 e. The highest BCUT2D eigenvalue weighted by molar-refractivity contribution is 7.99. The summed E-state index contributed by atoms with van der Waals surface area (Å²) in [5.74, 6) is 0.619. The zero-order valence-electron chi connectivity index (χ0n) is 17.9. The first-order valence-electron chi connectivity index (χ1n) is 10.0. The van der Waals surface area contributed by atoms with Gasteiger partial charge in [-0.2, -0.15) is 9.29 Å². The van der Waals surface area contributed by atoms with Crippen LogP contribution in [0.15, 0.2) is 34.3 Å². The molecule has 0 aliphatic carbocycles. The van der Waals surface area contributed by atoms with Gasteiger partial charge in [-0.05, 0) is 50.6 Å². The van der Waals surface area contributed by atoms with Crippen LogP contribution in [-0.4, -0.2) is 75.0 Å². The van der Waals surface area contributed by atoms with Crippen molar-refractivity contribution in [3.8, 4) is 0 Å². The van der Waals surface area contributed by atoms with Crippen LogP contribution in [0.5, 0.6) is 0 Å². The van der Waals surface area contributed by atoms with Crippen LogP contribution in [0, 0.1) is 20.8 Å². The van der Waals surface area contributed by atoms with E-state index < -0.39 is 10.0 Å². The topological polar surface area (TPSA) is 101 Å². The van der Waals surface area contributed by atoms with Crippen molar-refractivity contribution in [2.24, 2.45) is 0 Å². The lowest BCUT2D eigenvalue weighted by molar-refractivity contribution is -0.129. The minimum absolute atomic E-state index is 0.0746. The molecule has 1 amide bonds. The Morgan fingerprint density at radius 3 is 2.38 bits per heavy atom. The third-order valence-electron chi connectivity index (χ3n) is 5.61. The maximum atomic E-state index is 12.8. The van der Waals surface area contributed by atoms with Crippen LogP contribution >= 0.6 is 23.4 Å². The van der Waals surface area contributed by atoms with Gasteiger partial charge in [0.1, 0.15) is 0 Å². The van der Waals surface area contributed by atoms with E-state index in [1.165, 1.54) is 28.2 Å². The molecule has 4 rings (SSSR count). The van der Waals surface area contributed by atoms with Crippen molar-refractivity contribution in [2.45, 2.75) is 30.8 Å². The second-order valence-corrected chi connectivity index (χ2v) is 10.9. The standard InChI is InChI=1S/C20H23ClN6O3S2/c1-13-14(2)22-19-23-20(24-27(19)15(13)3)31-12-18(28)25-8-10-26(11-9-25)32(29,30)17-6-4-16(21)5-7-17/h4-7H,8-12H2,1-3H3. The summed E-state index contributed by atoms with van der Waals surface area (Å²) >= 11 is 7.11. The van der Waals surface area contributed by atoms with Crippen LogP contribution in [0.4, 0.5) is 0 Å². The molecule has 0 bridgehead atoms. The maximum Gasteiger partial charge on any atom is 0.253 e. The average Bonchev–Trinajstić information content (AvgIpc) is 3.19. The largest absolute Gasteiger partial charge is 0.339 e. The maximum absolute atomic E-state index is 12.8. The van der Waals surface area contributed by atoms with E-state index in [2.05, 4.69) is 15.1 Å². The fourth-order valence-corrected chi connectivity index (χ4v) is 5.72. The van der Waals surface area contributed by atoms with Crippen LogP contribution in [0.2, 0.25) is 5.02 Å². The molecule has 0 radical (unpaired) electrons. The number of hydrogen-bond acceptors (Lipinski definition) is 7. The Labute approximate surface area is 195 Å². The van der Waals surface area contributed by atoms with Crippen molar-refractivity contribution in [1.82, 2.24) is 28.8 Å². The number of fused-ring (bicyclic) bond motifs is 1. The smallest absolute Gasteiger partial charge is 0.253 e. The summed E-state index contributed by atoms with van der Waals surface area (Å²) < 4.78 is 28.7. The highest BCUT2D eigenvalue weighted by Crippen LogP contribution is 2.21. The molecule has 9 nitrogen and oxygen atoms in total. The molecule has 32 heavy (non-hydrogen) atoms. The second-order valence-electron chi connectivity index (χ2n) is 7.54. The highest BCUT2D eigenvalue weighted by atomic mass is 35.5. The average molecular weight is 495 g/mol. The molecule has 1 aliphatic heterocycles. The van der Waals surface area contributed by atoms with E-state index in [-0.39, 0.29) is 29.6 Å². The summed E-state index contributed by atoms with van der Waals surface area (Å²) in [6.07, 6.45) is 0. The number of thioether (sulfide) groups is 1. The van der Waals surface area contributed by atoms with Crippen molar-refractivity contribution < 1.29 is 13.2 Å². The number of halogens is 1. The fourth-order valence-electron chi connectivity index (χ4n) is 3.45. The summed E-state index contributed by atoms with van der Waals surface area (Å²) in [7, 11) is -3.61. The first kappa shape index (κ1) is 23.0. The summed E-state index contributed by atoms with van der Waals surface area (Å²) in [5, 5.41) is 5.42. The van der Waals surface area contributed by atoms with Gasteiger partial charge in [0.2, 0.25) is 21.1 Å². The van der Waals surface area contributed by atoms with Crippen LogP contribution in [0.3, 0.4) is 0 Å². The van der Waals surface area contributed by atoms with Crippen LogP contribution in [0.25, 0.3) is 5.78 Å². The molecule has 3 aromatic rings. The van der Waals surface area contributed by atoms with Gasteiger partial charge in [0.15, 0.2) is 0 Å². The van der Waals surface area contributed by atoms with Crippen molar-refractivity contribution in [2.75, 3.05) is 31.9 Å². The lowest BCUT2D eigenvalue weighted by Crippen LogP contribution is -2.50. The minimum atomic E-state index is -3.61. The molecular formula is C20H23ClN6O3S2. The zero-order chi connectivity index (χ0) is 23.0. The molecular weight excluding hydrogens is 472 g/mol. The Morgan fingerprint density at radius 2 is 1.72 bits per heavy atom. The molecule has 1 aliphatic rings.